The summed E-state index contributed by atoms with van der Waals surface area (Å²) in [6.45, 7) is 5.78. The molecule has 1 fully saturated rings. The van der Waals surface area contributed by atoms with E-state index in [0.717, 1.165) is 68.5 Å². The largest absolute Gasteiger partial charge is 0.335 e. The third-order valence-electron chi connectivity index (χ3n) is 4.99. The second-order valence-corrected chi connectivity index (χ2v) is 7.09. The standard InChI is InChI=1S/C18H22ClN5O.ClH/c19-14-3-1-13(2-4-14)12-23-7-9-24(10-8-23)18(25)17-15-11-20-6-5-16(15)21-22-17;/h1-4,20H,5-12H2,(H,21,22);1H. The van der Waals surface area contributed by atoms with Crippen LogP contribution in [-0.2, 0) is 19.5 Å². The number of aromatic amines is 1. The summed E-state index contributed by atoms with van der Waals surface area (Å²) >= 11 is 5.94. The minimum absolute atomic E-state index is 0. The Morgan fingerprint density at radius 3 is 2.62 bits per heavy atom. The van der Waals surface area contributed by atoms with Gasteiger partial charge in [-0.1, -0.05) is 23.7 Å². The van der Waals surface area contributed by atoms with Crippen LogP contribution in [-0.4, -0.2) is 58.6 Å². The lowest BCUT2D eigenvalue weighted by atomic mass is 10.1. The normalized spacial score (nSPS) is 17.5. The summed E-state index contributed by atoms with van der Waals surface area (Å²) in [7, 11) is 0. The lowest BCUT2D eigenvalue weighted by Gasteiger charge is -2.34. The Hall–Kier alpha value is -1.60. The van der Waals surface area contributed by atoms with E-state index in [1.807, 2.05) is 17.0 Å². The van der Waals surface area contributed by atoms with E-state index in [9.17, 15) is 4.79 Å². The predicted molar refractivity (Wildman–Crippen MR) is 104 cm³/mol. The van der Waals surface area contributed by atoms with Gasteiger partial charge in [-0.25, -0.2) is 0 Å². The summed E-state index contributed by atoms with van der Waals surface area (Å²) in [6, 6.07) is 7.96. The van der Waals surface area contributed by atoms with E-state index in [-0.39, 0.29) is 18.3 Å². The zero-order valence-electron chi connectivity index (χ0n) is 14.5. The number of hydrogen-bond acceptors (Lipinski definition) is 4. The van der Waals surface area contributed by atoms with Crippen LogP contribution in [0.2, 0.25) is 5.02 Å². The second-order valence-electron chi connectivity index (χ2n) is 6.65. The van der Waals surface area contributed by atoms with E-state index in [2.05, 4.69) is 32.5 Å². The van der Waals surface area contributed by atoms with Crippen LogP contribution in [0.15, 0.2) is 24.3 Å². The van der Waals surface area contributed by atoms with Crippen LogP contribution < -0.4 is 5.32 Å². The highest BCUT2D eigenvalue weighted by molar-refractivity contribution is 6.30. The quantitative estimate of drug-likeness (QED) is 0.834. The fraction of sp³-hybridized carbons (Fsp3) is 0.444. The van der Waals surface area contributed by atoms with Crippen molar-refractivity contribution in [2.75, 3.05) is 32.7 Å². The first-order valence-corrected chi connectivity index (χ1v) is 9.11. The first kappa shape index (κ1) is 19.2. The summed E-state index contributed by atoms with van der Waals surface area (Å²) in [6.07, 6.45) is 0.907. The molecular formula is C18H23Cl2N5O. The molecule has 0 unspecified atom stereocenters. The summed E-state index contributed by atoms with van der Waals surface area (Å²) < 4.78 is 0. The van der Waals surface area contributed by atoms with Crippen molar-refractivity contribution in [3.05, 3.63) is 51.8 Å². The number of halogens is 2. The number of fused-ring (bicyclic) bond motifs is 1. The van der Waals surface area contributed by atoms with Crippen molar-refractivity contribution in [2.24, 2.45) is 0 Å². The van der Waals surface area contributed by atoms with E-state index < -0.39 is 0 Å². The van der Waals surface area contributed by atoms with Crippen molar-refractivity contribution < 1.29 is 4.79 Å². The molecule has 0 radical (unpaired) electrons. The minimum Gasteiger partial charge on any atom is -0.335 e. The van der Waals surface area contributed by atoms with E-state index in [1.165, 1.54) is 5.56 Å². The molecule has 3 heterocycles. The first-order valence-electron chi connectivity index (χ1n) is 8.73. The Labute approximate surface area is 164 Å². The zero-order valence-corrected chi connectivity index (χ0v) is 16.1. The van der Waals surface area contributed by atoms with Crippen LogP contribution in [0.25, 0.3) is 0 Å². The Morgan fingerprint density at radius 2 is 1.88 bits per heavy atom. The van der Waals surface area contributed by atoms with Crippen LogP contribution in [0, 0.1) is 0 Å². The third-order valence-corrected chi connectivity index (χ3v) is 5.24. The molecule has 0 atom stereocenters. The molecule has 2 aliphatic rings. The summed E-state index contributed by atoms with van der Waals surface area (Å²) in [5.74, 6) is 0.0485. The smallest absolute Gasteiger partial charge is 0.274 e. The highest BCUT2D eigenvalue weighted by atomic mass is 35.5. The maximum atomic E-state index is 12.8. The van der Waals surface area contributed by atoms with Gasteiger partial charge >= 0.3 is 0 Å². The number of benzene rings is 1. The highest BCUT2D eigenvalue weighted by Gasteiger charge is 2.27. The molecule has 0 saturated carbocycles. The molecule has 2 aromatic rings. The van der Waals surface area contributed by atoms with Crippen molar-refractivity contribution >= 4 is 29.9 Å². The molecular weight excluding hydrogens is 373 g/mol. The fourth-order valence-corrected chi connectivity index (χ4v) is 3.63. The summed E-state index contributed by atoms with van der Waals surface area (Å²) in [4.78, 5) is 17.1. The van der Waals surface area contributed by atoms with Gasteiger partial charge in [0.25, 0.3) is 5.91 Å². The maximum absolute atomic E-state index is 12.8. The zero-order chi connectivity index (χ0) is 17.2. The number of hydrogen-bond donors (Lipinski definition) is 2. The van der Waals surface area contributed by atoms with Gasteiger partial charge in [0.05, 0.1) is 0 Å². The van der Waals surface area contributed by atoms with Crippen molar-refractivity contribution in [2.45, 2.75) is 19.5 Å². The van der Waals surface area contributed by atoms with Gasteiger partial charge in [0.2, 0.25) is 0 Å². The molecule has 1 aromatic heterocycles. The van der Waals surface area contributed by atoms with Gasteiger partial charge in [-0.3, -0.25) is 14.8 Å². The fourth-order valence-electron chi connectivity index (χ4n) is 3.51. The van der Waals surface area contributed by atoms with Crippen molar-refractivity contribution in [3.63, 3.8) is 0 Å². The van der Waals surface area contributed by atoms with Gasteiger partial charge in [0.1, 0.15) is 0 Å². The van der Waals surface area contributed by atoms with Crippen LogP contribution in [0.3, 0.4) is 0 Å². The van der Waals surface area contributed by atoms with Crippen molar-refractivity contribution in [1.82, 2.24) is 25.3 Å². The number of piperazine rings is 1. The number of rotatable bonds is 3. The van der Waals surface area contributed by atoms with Gasteiger partial charge in [-0.2, -0.15) is 5.10 Å². The topological polar surface area (TPSA) is 64.3 Å². The number of aromatic nitrogens is 2. The molecule has 140 valence electrons. The molecule has 0 spiro atoms. The van der Waals surface area contributed by atoms with Crippen LogP contribution in [0.5, 0.6) is 0 Å². The molecule has 1 aromatic carbocycles. The van der Waals surface area contributed by atoms with Crippen LogP contribution >= 0.6 is 24.0 Å². The molecule has 1 amide bonds. The number of carbonyl (C=O) groups excluding carboxylic acids is 1. The van der Waals surface area contributed by atoms with Crippen molar-refractivity contribution in [1.29, 1.82) is 0 Å². The first-order chi connectivity index (χ1) is 12.2. The maximum Gasteiger partial charge on any atom is 0.274 e. The molecule has 0 aliphatic carbocycles. The number of carbonyl (C=O) groups is 1. The Kier molecular flexibility index (Phi) is 6.19. The number of H-pyrrole nitrogens is 1. The average molecular weight is 396 g/mol. The van der Waals surface area contributed by atoms with E-state index >= 15 is 0 Å². The number of nitrogens with zero attached hydrogens (tertiary/aromatic N) is 3. The number of amides is 1. The molecule has 6 nitrogen and oxygen atoms in total. The van der Waals surface area contributed by atoms with E-state index in [1.54, 1.807) is 0 Å². The summed E-state index contributed by atoms with van der Waals surface area (Å²) in [5.41, 5.74) is 3.98. The molecule has 1 saturated heterocycles. The third kappa shape index (κ3) is 4.04. The minimum atomic E-state index is 0. The van der Waals surface area contributed by atoms with Gasteiger partial charge in [-0.05, 0) is 17.7 Å². The van der Waals surface area contributed by atoms with E-state index in [4.69, 9.17) is 11.6 Å². The van der Waals surface area contributed by atoms with Gasteiger partial charge in [0.15, 0.2) is 5.69 Å². The van der Waals surface area contributed by atoms with Crippen LogP contribution in [0.1, 0.15) is 27.3 Å². The Morgan fingerprint density at radius 1 is 1.15 bits per heavy atom. The van der Waals surface area contributed by atoms with E-state index in [0.29, 0.717) is 5.69 Å². The molecule has 2 N–H and O–H groups in total. The van der Waals surface area contributed by atoms with Crippen LogP contribution in [0.4, 0.5) is 0 Å². The molecule has 2 aliphatic heterocycles. The van der Waals surface area contributed by atoms with Gasteiger partial charge in [-0.15, -0.1) is 12.4 Å². The van der Waals surface area contributed by atoms with Gasteiger partial charge < -0.3 is 10.2 Å². The monoisotopic (exact) mass is 395 g/mol. The predicted octanol–water partition coefficient (Wildman–Crippen LogP) is 2.09. The lowest BCUT2D eigenvalue weighted by molar-refractivity contribution is 0.0621. The Bertz CT molecular complexity index is 753. The summed E-state index contributed by atoms with van der Waals surface area (Å²) in [5, 5.41) is 11.4. The molecule has 26 heavy (non-hydrogen) atoms. The Balaban J connectivity index is 0.00000196. The average Bonchev–Trinajstić information content (AvgIpc) is 3.08. The molecule has 8 heteroatoms. The molecule has 4 rings (SSSR count). The van der Waals surface area contributed by atoms with Crippen molar-refractivity contribution in [3.8, 4) is 0 Å². The van der Waals surface area contributed by atoms with Gasteiger partial charge in [0, 0.05) is 68.5 Å². The molecule has 0 bridgehead atoms. The highest BCUT2D eigenvalue weighted by Crippen LogP contribution is 2.18. The second kappa shape index (κ2) is 8.39. The SMILES string of the molecule is Cl.O=C(c1n[nH]c2c1CNCC2)N1CCN(Cc2ccc(Cl)cc2)CC1. The lowest BCUT2D eigenvalue weighted by Crippen LogP contribution is -2.48. The number of nitrogens with one attached hydrogen (secondary N) is 2.